The molecule has 4 nitrogen and oxygen atoms in total. The Morgan fingerprint density at radius 3 is 2.40 bits per heavy atom. The molecule has 3 atom stereocenters. The number of nitrogens with one attached hydrogen (secondary N) is 1. The third-order valence-corrected chi connectivity index (χ3v) is 1.95. The van der Waals surface area contributed by atoms with Gasteiger partial charge in [-0.2, -0.15) is 5.48 Å². The molecule has 0 bridgehead atoms. The van der Waals surface area contributed by atoms with Gasteiger partial charge in [-0.15, -0.1) is 0 Å². The van der Waals surface area contributed by atoms with Gasteiger partial charge in [0, 0.05) is 0 Å². The first-order chi connectivity index (χ1) is 4.74. The first-order valence-corrected chi connectivity index (χ1v) is 3.50. The summed E-state index contributed by atoms with van der Waals surface area (Å²) >= 11 is 0. The predicted molar refractivity (Wildman–Crippen MR) is 34.6 cm³/mol. The number of hydrogen-bond donors (Lipinski definition) is 4. The third-order valence-electron chi connectivity index (χ3n) is 1.95. The second kappa shape index (κ2) is 3.30. The minimum Gasteiger partial charge on any atom is -0.393 e. The molecule has 0 radical (unpaired) electrons. The van der Waals surface area contributed by atoms with E-state index in [4.69, 9.17) is 15.4 Å². The molecule has 0 aromatic rings. The van der Waals surface area contributed by atoms with E-state index in [0.717, 1.165) is 0 Å². The highest BCUT2D eigenvalue weighted by Crippen LogP contribution is 2.18. The summed E-state index contributed by atoms with van der Waals surface area (Å²) in [7, 11) is 0. The summed E-state index contributed by atoms with van der Waals surface area (Å²) in [6, 6.07) is -0.358. The number of aliphatic hydroxyl groups is 2. The van der Waals surface area contributed by atoms with Crippen molar-refractivity contribution >= 4 is 0 Å². The van der Waals surface area contributed by atoms with Crippen molar-refractivity contribution < 1.29 is 15.4 Å². The molecule has 1 aliphatic rings. The van der Waals surface area contributed by atoms with E-state index in [1.54, 1.807) is 0 Å². The fourth-order valence-electron chi connectivity index (χ4n) is 1.27. The molecule has 60 valence electrons. The standard InChI is InChI=1S/C6H13NO3/c8-4-1-2-6(9)5(3-4)7-10/h4-10H,1-3H2. The van der Waals surface area contributed by atoms with Crippen LogP contribution in [-0.4, -0.2) is 33.7 Å². The molecule has 0 amide bonds. The van der Waals surface area contributed by atoms with Crippen LogP contribution in [0.4, 0.5) is 0 Å². The van der Waals surface area contributed by atoms with Gasteiger partial charge >= 0.3 is 0 Å². The van der Waals surface area contributed by atoms with E-state index in [2.05, 4.69) is 0 Å². The molecule has 0 saturated heterocycles. The van der Waals surface area contributed by atoms with Crippen LogP contribution in [0.2, 0.25) is 0 Å². The van der Waals surface area contributed by atoms with Crippen molar-refractivity contribution in [2.75, 3.05) is 0 Å². The quantitative estimate of drug-likeness (QED) is 0.368. The molecule has 1 saturated carbocycles. The molecule has 1 aliphatic carbocycles. The molecule has 0 aliphatic heterocycles. The van der Waals surface area contributed by atoms with E-state index >= 15 is 0 Å². The van der Waals surface area contributed by atoms with Crippen LogP contribution in [0.5, 0.6) is 0 Å². The first-order valence-electron chi connectivity index (χ1n) is 3.50. The van der Waals surface area contributed by atoms with Crippen LogP contribution in [0.1, 0.15) is 19.3 Å². The van der Waals surface area contributed by atoms with E-state index in [1.165, 1.54) is 0 Å². The third kappa shape index (κ3) is 1.67. The molecule has 3 unspecified atom stereocenters. The second-order valence-electron chi connectivity index (χ2n) is 2.77. The van der Waals surface area contributed by atoms with Crippen LogP contribution < -0.4 is 5.48 Å². The summed E-state index contributed by atoms with van der Waals surface area (Å²) in [5, 5.41) is 26.7. The van der Waals surface area contributed by atoms with Gasteiger partial charge in [0.1, 0.15) is 0 Å². The lowest BCUT2D eigenvalue weighted by atomic mass is 9.91. The summed E-state index contributed by atoms with van der Waals surface area (Å²) in [4.78, 5) is 0. The fraction of sp³-hybridized carbons (Fsp3) is 1.00. The van der Waals surface area contributed by atoms with Crippen LogP contribution in [-0.2, 0) is 0 Å². The van der Waals surface area contributed by atoms with Crippen LogP contribution in [0, 0.1) is 0 Å². The lowest BCUT2D eigenvalue weighted by Gasteiger charge is -2.29. The van der Waals surface area contributed by atoms with Crippen molar-refractivity contribution in [2.45, 2.75) is 37.5 Å². The monoisotopic (exact) mass is 147 g/mol. The lowest BCUT2D eigenvalue weighted by Crippen LogP contribution is -2.44. The Labute approximate surface area is 59.4 Å². The summed E-state index contributed by atoms with van der Waals surface area (Å²) in [5.74, 6) is 0. The molecule has 0 spiro atoms. The maximum atomic E-state index is 9.15. The van der Waals surface area contributed by atoms with Gasteiger partial charge in [0.25, 0.3) is 0 Å². The molecule has 0 aromatic carbocycles. The minimum absolute atomic E-state index is 0.358. The van der Waals surface area contributed by atoms with Crippen LogP contribution >= 0.6 is 0 Å². The molecular weight excluding hydrogens is 134 g/mol. The molecule has 4 N–H and O–H groups in total. The van der Waals surface area contributed by atoms with Crippen LogP contribution in [0.25, 0.3) is 0 Å². The summed E-state index contributed by atoms with van der Waals surface area (Å²) in [6.07, 6.45) is 0.706. The van der Waals surface area contributed by atoms with E-state index in [0.29, 0.717) is 19.3 Å². The Kier molecular flexibility index (Phi) is 2.62. The molecule has 0 aromatic heterocycles. The summed E-state index contributed by atoms with van der Waals surface area (Å²) in [6.45, 7) is 0. The first kappa shape index (κ1) is 7.94. The SMILES string of the molecule is ONC1CC(O)CCC1O. The van der Waals surface area contributed by atoms with Crippen molar-refractivity contribution in [3.05, 3.63) is 0 Å². The van der Waals surface area contributed by atoms with Gasteiger partial charge in [0.2, 0.25) is 0 Å². The van der Waals surface area contributed by atoms with Gasteiger partial charge in [-0.05, 0) is 19.3 Å². The van der Waals surface area contributed by atoms with Gasteiger partial charge in [-0.25, -0.2) is 0 Å². The second-order valence-corrected chi connectivity index (χ2v) is 2.77. The molecule has 1 fully saturated rings. The van der Waals surface area contributed by atoms with Gasteiger partial charge in [-0.3, -0.25) is 0 Å². The van der Waals surface area contributed by atoms with Crippen LogP contribution in [0.15, 0.2) is 0 Å². The molecule has 4 heteroatoms. The van der Waals surface area contributed by atoms with Crippen molar-refractivity contribution in [3.8, 4) is 0 Å². The maximum Gasteiger partial charge on any atom is 0.0717 e. The fourth-order valence-corrected chi connectivity index (χ4v) is 1.27. The number of hydrogen-bond acceptors (Lipinski definition) is 4. The van der Waals surface area contributed by atoms with Gasteiger partial charge in [0.05, 0.1) is 18.2 Å². The average Bonchev–Trinajstić information content (AvgIpc) is 1.94. The zero-order chi connectivity index (χ0) is 7.56. The normalized spacial score (nSPS) is 41.7. The maximum absolute atomic E-state index is 9.15. The van der Waals surface area contributed by atoms with Gasteiger partial charge in [0.15, 0.2) is 0 Å². The van der Waals surface area contributed by atoms with Crippen molar-refractivity contribution in [3.63, 3.8) is 0 Å². The molecule has 0 heterocycles. The van der Waals surface area contributed by atoms with Gasteiger partial charge < -0.3 is 15.4 Å². The molecule has 1 rings (SSSR count). The number of hydroxylamine groups is 1. The van der Waals surface area contributed by atoms with Crippen molar-refractivity contribution in [1.82, 2.24) is 5.48 Å². The topological polar surface area (TPSA) is 72.7 Å². The van der Waals surface area contributed by atoms with Crippen molar-refractivity contribution in [2.24, 2.45) is 0 Å². The zero-order valence-electron chi connectivity index (χ0n) is 5.70. The average molecular weight is 147 g/mol. The molecule has 10 heavy (non-hydrogen) atoms. The number of rotatable bonds is 1. The molecular formula is C6H13NO3. The Bertz CT molecular complexity index is 109. The van der Waals surface area contributed by atoms with Crippen LogP contribution in [0.3, 0.4) is 0 Å². The van der Waals surface area contributed by atoms with Gasteiger partial charge in [-0.1, -0.05) is 0 Å². The number of aliphatic hydroxyl groups excluding tert-OH is 2. The largest absolute Gasteiger partial charge is 0.393 e. The highest BCUT2D eigenvalue weighted by atomic mass is 16.5. The van der Waals surface area contributed by atoms with E-state index < -0.39 is 6.10 Å². The zero-order valence-corrected chi connectivity index (χ0v) is 5.70. The summed E-state index contributed by atoms with van der Waals surface area (Å²) < 4.78 is 0. The Balaban J connectivity index is 2.38. The summed E-state index contributed by atoms with van der Waals surface area (Å²) in [5.41, 5.74) is 1.97. The lowest BCUT2D eigenvalue weighted by molar-refractivity contribution is -0.0226. The smallest absolute Gasteiger partial charge is 0.0717 e. The Hall–Kier alpha value is -0.160. The van der Waals surface area contributed by atoms with E-state index in [1.807, 2.05) is 5.48 Å². The highest BCUT2D eigenvalue weighted by Gasteiger charge is 2.27. The minimum atomic E-state index is -0.520. The van der Waals surface area contributed by atoms with E-state index in [9.17, 15) is 0 Å². The Morgan fingerprint density at radius 2 is 1.90 bits per heavy atom. The predicted octanol–water partition coefficient (Wildman–Crippen LogP) is -0.761. The Morgan fingerprint density at radius 1 is 1.20 bits per heavy atom. The van der Waals surface area contributed by atoms with Crippen molar-refractivity contribution in [1.29, 1.82) is 0 Å². The van der Waals surface area contributed by atoms with E-state index in [-0.39, 0.29) is 12.1 Å². The highest BCUT2D eigenvalue weighted by molar-refractivity contribution is 4.82.